The molecule has 0 saturated carbocycles. The van der Waals surface area contributed by atoms with Crippen molar-refractivity contribution in [3.8, 4) is 0 Å². The Bertz CT molecular complexity index is 401. The molecule has 1 aromatic rings. The van der Waals surface area contributed by atoms with Gasteiger partial charge >= 0.3 is 0 Å². The van der Waals surface area contributed by atoms with Gasteiger partial charge in [0.25, 0.3) is 0 Å². The first-order valence-corrected chi connectivity index (χ1v) is 6.66. The SMILES string of the molecule is CC(C)c1ccc(CCN(C)C(=O)C(N)CO)cc1. The van der Waals surface area contributed by atoms with Crippen LogP contribution < -0.4 is 5.73 Å². The van der Waals surface area contributed by atoms with Gasteiger partial charge in [0, 0.05) is 13.6 Å². The molecule has 19 heavy (non-hydrogen) atoms. The summed E-state index contributed by atoms with van der Waals surface area (Å²) in [5, 5.41) is 8.85. The Morgan fingerprint density at radius 1 is 1.32 bits per heavy atom. The van der Waals surface area contributed by atoms with Crippen molar-refractivity contribution in [3.63, 3.8) is 0 Å². The molecule has 3 N–H and O–H groups in total. The van der Waals surface area contributed by atoms with Gasteiger partial charge in [0.15, 0.2) is 0 Å². The normalized spacial score (nSPS) is 12.5. The van der Waals surface area contributed by atoms with E-state index in [0.29, 0.717) is 12.5 Å². The van der Waals surface area contributed by atoms with Crippen molar-refractivity contribution >= 4 is 5.91 Å². The Morgan fingerprint density at radius 2 is 1.89 bits per heavy atom. The van der Waals surface area contributed by atoms with Crippen molar-refractivity contribution < 1.29 is 9.90 Å². The lowest BCUT2D eigenvalue weighted by Crippen LogP contribution is -2.44. The quantitative estimate of drug-likeness (QED) is 0.809. The first kappa shape index (κ1) is 15.7. The summed E-state index contributed by atoms with van der Waals surface area (Å²) in [6.07, 6.45) is 0.790. The van der Waals surface area contributed by atoms with Gasteiger partial charge in [-0.1, -0.05) is 38.1 Å². The summed E-state index contributed by atoms with van der Waals surface area (Å²) in [7, 11) is 1.71. The zero-order valence-electron chi connectivity index (χ0n) is 12.0. The molecule has 1 amide bonds. The summed E-state index contributed by atoms with van der Waals surface area (Å²) in [4.78, 5) is 13.2. The predicted octanol–water partition coefficient (Wildman–Crippen LogP) is 1.13. The third kappa shape index (κ3) is 4.65. The topological polar surface area (TPSA) is 66.6 Å². The van der Waals surface area contributed by atoms with Crippen LogP contribution in [0.3, 0.4) is 0 Å². The molecule has 1 unspecified atom stereocenters. The van der Waals surface area contributed by atoms with E-state index in [0.717, 1.165) is 6.42 Å². The smallest absolute Gasteiger partial charge is 0.241 e. The zero-order valence-corrected chi connectivity index (χ0v) is 12.0. The average Bonchev–Trinajstić information content (AvgIpc) is 2.43. The highest BCUT2D eigenvalue weighted by atomic mass is 16.3. The number of benzene rings is 1. The molecule has 0 bridgehead atoms. The van der Waals surface area contributed by atoms with Crippen LogP contribution in [0.15, 0.2) is 24.3 Å². The lowest BCUT2D eigenvalue weighted by molar-refractivity contribution is -0.132. The lowest BCUT2D eigenvalue weighted by atomic mass is 10.0. The molecular weight excluding hydrogens is 240 g/mol. The molecular formula is C15H24N2O2. The fraction of sp³-hybridized carbons (Fsp3) is 0.533. The predicted molar refractivity (Wildman–Crippen MR) is 76.9 cm³/mol. The van der Waals surface area contributed by atoms with Crippen LogP contribution in [0.1, 0.15) is 30.9 Å². The first-order valence-electron chi connectivity index (χ1n) is 6.66. The van der Waals surface area contributed by atoms with Gasteiger partial charge in [-0.25, -0.2) is 0 Å². The van der Waals surface area contributed by atoms with Crippen LogP contribution in [0.2, 0.25) is 0 Å². The summed E-state index contributed by atoms with van der Waals surface area (Å²) in [5.74, 6) is 0.308. The number of carbonyl (C=O) groups excluding carboxylic acids is 1. The monoisotopic (exact) mass is 264 g/mol. The van der Waals surface area contributed by atoms with E-state index in [1.165, 1.54) is 11.1 Å². The summed E-state index contributed by atoms with van der Waals surface area (Å²) in [6, 6.07) is 7.63. The molecule has 0 aromatic heterocycles. The van der Waals surface area contributed by atoms with Gasteiger partial charge in [0.05, 0.1) is 6.61 Å². The highest BCUT2D eigenvalue weighted by molar-refractivity contribution is 5.81. The second-order valence-electron chi connectivity index (χ2n) is 5.20. The number of rotatable bonds is 6. The van der Waals surface area contributed by atoms with Crippen LogP contribution in [0.4, 0.5) is 0 Å². The van der Waals surface area contributed by atoms with E-state index in [9.17, 15) is 4.79 Å². The van der Waals surface area contributed by atoms with Crippen LogP contribution in [0.25, 0.3) is 0 Å². The summed E-state index contributed by atoms with van der Waals surface area (Å²) in [5.41, 5.74) is 8.01. The molecule has 0 aliphatic heterocycles. The van der Waals surface area contributed by atoms with Gasteiger partial charge < -0.3 is 15.7 Å². The van der Waals surface area contributed by atoms with E-state index in [2.05, 4.69) is 38.1 Å². The van der Waals surface area contributed by atoms with E-state index in [1.54, 1.807) is 11.9 Å². The standard InChI is InChI=1S/C15H24N2O2/c1-11(2)13-6-4-12(5-7-13)8-9-17(3)15(19)14(16)10-18/h4-7,11,14,18H,8-10,16H2,1-3H3. The Hall–Kier alpha value is -1.39. The zero-order chi connectivity index (χ0) is 14.4. The molecule has 1 rings (SSSR count). The number of aliphatic hydroxyl groups is 1. The number of nitrogens with zero attached hydrogens (tertiary/aromatic N) is 1. The Morgan fingerprint density at radius 3 is 2.37 bits per heavy atom. The van der Waals surface area contributed by atoms with E-state index < -0.39 is 6.04 Å². The molecule has 0 aliphatic carbocycles. The second kappa shape index (κ2) is 7.26. The maximum atomic E-state index is 11.7. The average molecular weight is 264 g/mol. The molecule has 0 heterocycles. The minimum absolute atomic E-state index is 0.221. The molecule has 0 aliphatic rings. The Kier molecular flexibility index (Phi) is 5.99. The van der Waals surface area contributed by atoms with Crippen molar-refractivity contribution in [2.75, 3.05) is 20.2 Å². The highest BCUT2D eigenvalue weighted by Crippen LogP contribution is 2.15. The molecule has 1 aromatic carbocycles. The van der Waals surface area contributed by atoms with Crippen molar-refractivity contribution in [1.29, 1.82) is 0 Å². The molecule has 106 valence electrons. The van der Waals surface area contributed by atoms with E-state index in [-0.39, 0.29) is 12.5 Å². The van der Waals surface area contributed by atoms with Crippen molar-refractivity contribution in [2.24, 2.45) is 5.73 Å². The van der Waals surface area contributed by atoms with E-state index in [4.69, 9.17) is 10.8 Å². The number of likely N-dealkylation sites (N-methyl/N-ethyl adjacent to an activating group) is 1. The van der Waals surface area contributed by atoms with E-state index >= 15 is 0 Å². The van der Waals surface area contributed by atoms with Crippen LogP contribution in [0.5, 0.6) is 0 Å². The van der Waals surface area contributed by atoms with Crippen molar-refractivity contribution in [1.82, 2.24) is 4.90 Å². The Balaban J connectivity index is 2.50. The minimum atomic E-state index is -0.812. The largest absolute Gasteiger partial charge is 0.394 e. The van der Waals surface area contributed by atoms with Crippen LogP contribution in [-0.2, 0) is 11.2 Å². The molecule has 1 atom stereocenters. The molecule has 0 saturated heterocycles. The summed E-state index contributed by atoms with van der Waals surface area (Å²) in [6.45, 7) is 4.62. The summed E-state index contributed by atoms with van der Waals surface area (Å²) < 4.78 is 0. The maximum Gasteiger partial charge on any atom is 0.241 e. The van der Waals surface area contributed by atoms with Gasteiger partial charge in [-0.2, -0.15) is 0 Å². The second-order valence-corrected chi connectivity index (χ2v) is 5.20. The van der Waals surface area contributed by atoms with E-state index in [1.807, 2.05) is 0 Å². The van der Waals surface area contributed by atoms with Gasteiger partial charge in [-0.15, -0.1) is 0 Å². The minimum Gasteiger partial charge on any atom is -0.394 e. The van der Waals surface area contributed by atoms with Crippen LogP contribution in [-0.4, -0.2) is 42.2 Å². The number of nitrogens with two attached hydrogens (primary N) is 1. The number of aliphatic hydroxyl groups excluding tert-OH is 1. The molecule has 0 spiro atoms. The van der Waals surface area contributed by atoms with Crippen molar-refractivity contribution in [3.05, 3.63) is 35.4 Å². The van der Waals surface area contributed by atoms with Crippen LogP contribution in [0, 0.1) is 0 Å². The first-order chi connectivity index (χ1) is 8.95. The molecule has 4 nitrogen and oxygen atoms in total. The third-order valence-electron chi connectivity index (χ3n) is 3.27. The van der Waals surface area contributed by atoms with Crippen LogP contribution >= 0.6 is 0 Å². The number of carbonyl (C=O) groups is 1. The van der Waals surface area contributed by atoms with Gasteiger partial charge in [0.2, 0.25) is 5.91 Å². The van der Waals surface area contributed by atoms with Gasteiger partial charge in [-0.05, 0) is 23.5 Å². The Labute approximate surface area is 115 Å². The number of amides is 1. The fourth-order valence-electron chi connectivity index (χ4n) is 1.84. The highest BCUT2D eigenvalue weighted by Gasteiger charge is 2.16. The number of hydrogen-bond donors (Lipinski definition) is 2. The maximum absolute atomic E-state index is 11.7. The third-order valence-corrected chi connectivity index (χ3v) is 3.27. The molecule has 0 fully saturated rings. The van der Waals surface area contributed by atoms with Crippen molar-refractivity contribution in [2.45, 2.75) is 32.2 Å². The van der Waals surface area contributed by atoms with Gasteiger partial charge in [0.1, 0.15) is 6.04 Å². The number of hydrogen-bond acceptors (Lipinski definition) is 3. The summed E-state index contributed by atoms with van der Waals surface area (Å²) >= 11 is 0. The van der Waals surface area contributed by atoms with Gasteiger partial charge in [-0.3, -0.25) is 4.79 Å². The molecule has 0 radical (unpaired) electrons. The fourth-order valence-corrected chi connectivity index (χ4v) is 1.84. The lowest BCUT2D eigenvalue weighted by Gasteiger charge is -2.20. The molecule has 4 heteroatoms.